The van der Waals surface area contributed by atoms with Crippen molar-refractivity contribution >= 4 is 28.6 Å². The average Bonchev–Trinajstić information content (AvgIpc) is 2.39. The van der Waals surface area contributed by atoms with E-state index in [9.17, 15) is 4.79 Å². The van der Waals surface area contributed by atoms with Gasteiger partial charge in [0.25, 0.3) is 0 Å². The minimum Gasteiger partial charge on any atom is -0.481 e. The normalized spacial score (nSPS) is 12.5. The summed E-state index contributed by atoms with van der Waals surface area (Å²) in [7, 11) is 0. The number of hydrogen-bond donors (Lipinski definition) is 1. The molecule has 0 aromatic heterocycles. The molecule has 0 fully saturated rings. The summed E-state index contributed by atoms with van der Waals surface area (Å²) < 4.78 is 1.31. The van der Waals surface area contributed by atoms with Gasteiger partial charge in [-0.15, -0.1) is 0 Å². The molecule has 1 atom stereocenters. The van der Waals surface area contributed by atoms with Gasteiger partial charge < -0.3 is 5.11 Å². The molecule has 0 heterocycles. The Bertz CT molecular complexity index is 219. The van der Waals surface area contributed by atoms with Crippen LogP contribution in [0, 0.1) is 5.92 Å². The summed E-state index contributed by atoms with van der Waals surface area (Å²) in [5.41, 5.74) is 0. The van der Waals surface area contributed by atoms with Crippen LogP contribution in [-0.2, 0) is 4.79 Å². The number of unbranched alkanes of at least 4 members (excludes halogenated alkanes) is 10. The van der Waals surface area contributed by atoms with Gasteiger partial charge in [0.05, 0.1) is 0 Å². The number of aliphatic carboxylic acids is 1. The molecule has 0 aromatic rings. The van der Waals surface area contributed by atoms with Gasteiger partial charge in [0.15, 0.2) is 0 Å². The molecular formula is C17H33IO2. The molecule has 0 aliphatic carbocycles. The van der Waals surface area contributed by atoms with Gasteiger partial charge in [-0.1, -0.05) is 100 Å². The van der Waals surface area contributed by atoms with Crippen molar-refractivity contribution in [3.63, 3.8) is 0 Å². The van der Waals surface area contributed by atoms with Crippen LogP contribution >= 0.6 is 22.6 Å². The van der Waals surface area contributed by atoms with Crippen molar-refractivity contribution in [2.45, 2.75) is 90.4 Å². The fourth-order valence-corrected chi connectivity index (χ4v) is 3.12. The average molecular weight is 392 g/mol. The highest BCUT2D eigenvalue weighted by molar-refractivity contribution is 14.1. The van der Waals surface area contributed by atoms with Crippen molar-refractivity contribution in [1.82, 2.24) is 0 Å². The Labute approximate surface area is 139 Å². The van der Waals surface area contributed by atoms with Crippen LogP contribution in [0.1, 0.15) is 90.4 Å². The van der Waals surface area contributed by atoms with Crippen LogP contribution in [0.15, 0.2) is 0 Å². The van der Waals surface area contributed by atoms with Crippen LogP contribution in [0.4, 0.5) is 0 Å². The monoisotopic (exact) mass is 392 g/mol. The minimum atomic E-state index is -0.656. The number of halogens is 1. The van der Waals surface area contributed by atoms with E-state index in [2.05, 4.69) is 22.6 Å². The van der Waals surface area contributed by atoms with Gasteiger partial charge in [-0.25, -0.2) is 0 Å². The maximum Gasteiger partial charge on any atom is 0.303 e. The first-order valence-electron chi connectivity index (χ1n) is 8.44. The fourth-order valence-electron chi connectivity index (χ4n) is 2.58. The molecular weight excluding hydrogens is 359 g/mol. The van der Waals surface area contributed by atoms with Crippen LogP contribution in [0.2, 0.25) is 0 Å². The molecule has 0 amide bonds. The Morgan fingerprint density at radius 2 is 1.25 bits per heavy atom. The van der Waals surface area contributed by atoms with Crippen molar-refractivity contribution in [2.75, 3.05) is 4.43 Å². The lowest BCUT2D eigenvalue weighted by atomic mass is 9.99. The molecule has 0 rings (SSSR count). The molecule has 1 N–H and O–H groups in total. The number of hydrogen-bond acceptors (Lipinski definition) is 1. The Morgan fingerprint density at radius 3 is 1.65 bits per heavy atom. The van der Waals surface area contributed by atoms with Gasteiger partial charge in [0, 0.05) is 6.42 Å². The zero-order valence-corrected chi connectivity index (χ0v) is 15.4. The quantitative estimate of drug-likeness (QED) is 0.204. The van der Waals surface area contributed by atoms with Crippen LogP contribution in [0.5, 0.6) is 0 Å². The van der Waals surface area contributed by atoms with E-state index in [1.807, 2.05) is 6.92 Å². The molecule has 0 aliphatic rings. The van der Waals surface area contributed by atoms with Gasteiger partial charge in [-0.2, -0.15) is 0 Å². The van der Waals surface area contributed by atoms with Crippen LogP contribution in [-0.4, -0.2) is 15.5 Å². The highest BCUT2D eigenvalue weighted by atomic mass is 123. The largest absolute Gasteiger partial charge is 0.481 e. The van der Waals surface area contributed by atoms with Crippen molar-refractivity contribution < 1.29 is 9.90 Å². The first kappa shape index (κ1) is 20.2. The molecule has 20 heavy (non-hydrogen) atoms. The van der Waals surface area contributed by atoms with Gasteiger partial charge in [0.1, 0.15) is 0 Å². The fraction of sp³-hybridized carbons (Fsp3) is 0.941. The van der Waals surface area contributed by atoms with Crippen molar-refractivity contribution in [3.05, 3.63) is 0 Å². The lowest BCUT2D eigenvalue weighted by molar-refractivity contribution is -0.138. The van der Waals surface area contributed by atoms with Gasteiger partial charge in [-0.3, -0.25) is 4.79 Å². The van der Waals surface area contributed by atoms with Crippen molar-refractivity contribution in [1.29, 1.82) is 0 Å². The second-order valence-electron chi connectivity index (χ2n) is 6.07. The summed E-state index contributed by atoms with van der Waals surface area (Å²) in [6, 6.07) is 0. The van der Waals surface area contributed by atoms with E-state index in [1.54, 1.807) is 0 Å². The van der Waals surface area contributed by atoms with Gasteiger partial charge in [0.2, 0.25) is 0 Å². The predicted molar refractivity (Wildman–Crippen MR) is 95.7 cm³/mol. The first-order valence-corrected chi connectivity index (χ1v) is 9.97. The van der Waals surface area contributed by atoms with E-state index in [1.165, 1.54) is 75.1 Å². The van der Waals surface area contributed by atoms with E-state index in [4.69, 9.17) is 5.11 Å². The molecule has 3 heteroatoms. The van der Waals surface area contributed by atoms with E-state index in [0.717, 1.165) is 6.42 Å². The summed E-state index contributed by atoms with van der Waals surface area (Å²) in [5, 5.41) is 8.67. The molecule has 0 spiro atoms. The highest BCUT2D eigenvalue weighted by Crippen LogP contribution is 2.15. The highest BCUT2D eigenvalue weighted by Gasteiger charge is 2.06. The molecule has 120 valence electrons. The van der Waals surface area contributed by atoms with Crippen molar-refractivity contribution in [3.8, 4) is 0 Å². The molecule has 1 unspecified atom stereocenters. The third-order valence-electron chi connectivity index (χ3n) is 3.85. The second-order valence-corrected chi connectivity index (χ2v) is 7.15. The maximum absolute atomic E-state index is 10.5. The Kier molecular flexibility index (Phi) is 15.7. The lowest BCUT2D eigenvalue weighted by Gasteiger charge is -2.07. The maximum atomic E-state index is 10.5. The summed E-state index contributed by atoms with van der Waals surface area (Å²) in [4.78, 5) is 10.5. The first-order chi connectivity index (χ1) is 9.66. The van der Waals surface area contributed by atoms with E-state index >= 15 is 0 Å². The third-order valence-corrected chi connectivity index (χ3v) is 4.62. The standard InChI is InChI=1S/C17H33IO2/c1-16(15-17(19)20)13-11-9-7-5-3-2-4-6-8-10-12-14-18/h16H,2-15H2,1H3,(H,19,20)/i18-4. The second kappa shape index (κ2) is 15.6. The predicted octanol–water partition coefficient (Wildman–Crippen LogP) is 6.21. The third kappa shape index (κ3) is 16.3. The molecule has 0 aliphatic heterocycles. The Morgan fingerprint density at radius 1 is 0.850 bits per heavy atom. The Hall–Kier alpha value is 0.200. The number of carboxylic acids is 1. The summed E-state index contributed by atoms with van der Waals surface area (Å²) in [6.07, 6.45) is 16.4. The van der Waals surface area contributed by atoms with Gasteiger partial charge in [-0.05, 0) is 16.8 Å². The molecule has 0 aromatic carbocycles. The van der Waals surface area contributed by atoms with Crippen LogP contribution < -0.4 is 0 Å². The van der Waals surface area contributed by atoms with Crippen LogP contribution in [0.3, 0.4) is 0 Å². The SMILES string of the molecule is CC(CCCCCCCCCCCCC[123I])CC(=O)O. The number of carboxylic acid groups (broad SMARTS) is 1. The minimum absolute atomic E-state index is 0.331. The number of rotatable bonds is 15. The van der Waals surface area contributed by atoms with E-state index < -0.39 is 5.97 Å². The molecule has 0 radical (unpaired) electrons. The summed E-state index contributed by atoms with van der Waals surface area (Å²) in [5.74, 6) is -0.314. The zero-order chi connectivity index (χ0) is 15.1. The molecule has 2 nitrogen and oxygen atoms in total. The number of alkyl halides is 1. The van der Waals surface area contributed by atoms with Gasteiger partial charge >= 0.3 is 5.97 Å². The van der Waals surface area contributed by atoms with E-state index in [0.29, 0.717) is 12.3 Å². The van der Waals surface area contributed by atoms with Crippen molar-refractivity contribution in [2.24, 2.45) is 5.92 Å². The molecule has 0 bridgehead atoms. The topological polar surface area (TPSA) is 37.3 Å². The Balaban J connectivity index is 3.08. The summed E-state index contributed by atoms with van der Waals surface area (Å²) >= 11 is 2.46. The van der Waals surface area contributed by atoms with Crippen LogP contribution in [0.25, 0.3) is 0 Å². The smallest absolute Gasteiger partial charge is 0.303 e. The number of carbonyl (C=O) groups is 1. The molecule has 0 saturated carbocycles. The molecule has 0 saturated heterocycles. The lowest BCUT2D eigenvalue weighted by Crippen LogP contribution is -2.03. The van der Waals surface area contributed by atoms with E-state index in [-0.39, 0.29) is 0 Å². The summed E-state index contributed by atoms with van der Waals surface area (Å²) in [6.45, 7) is 2.05. The zero-order valence-electron chi connectivity index (χ0n) is 13.2.